The number of hydrogen-bond acceptors (Lipinski definition) is 4. The Morgan fingerprint density at radius 1 is 1.30 bits per heavy atom. The summed E-state index contributed by atoms with van der Waals surface area (Å²) in [6.07, 6.45) is 1.52. The Kier molecular flexibility index (Phi) is 5.84. The summed E-state index contributed by atoms with van der Waals surface area (Å²) in [6, 6.07) is 6.79. The number of hydrogen-bond donors (Lipinski definition) is 4. The molecule has 1 unspecified atom stereocenters. The van der Waals surface area contributed by atoms with E-state index in [1.807, 2.05) is 18.4 Å². The maximum absolute atomic E-state index is 11.6. The van der Waals surface area contributed by atoms with E-state index in [9.17, 15) is 14.7 Å². The summed E-state index contributed by atoms with van der Waals surface area (Å²) in [4.78, 5) is 23.2. The standard InChI is InChI=1S/C13H18N2O4S/c1-13(19,7-11(16)17)8-14-12(18)15-9-3-5-10(20-2)6-4-9/h3-6,19H,7-8H2,1-2H3,(H,16,17)(H2,14,15,18). The minimum atomic E-state index is -1.48. The van der Waals surface area contributed by atoms with Crippen LogP contribution >= 0.6 is 11.8 Å². The number of carbonyl (C=O) groups is 2. The first-order valence-corrected chi connectivity index (χ1v) is 7.18. The summed E-state index contributed by atoms with van der Waals surface area (Å²) in [7, 11) is 0. The fraction of sp³-hybridized carbons (Fsp3) is 0.385. The van der Waals surface area contributed by atoms with Crippen LogP contribution in [0.5, 0.6) is 0 Å². The Bertz CT molecular complexity index is 474. The summed E-state index contributed by atoms with van der Waals surface area (Å²) in [5.74, 6) is -1.12. The third-order valence-electron chi connectivity index (χ3n) is 2.51. The fourth-order valence-corrected chi connectivity index (χ4v) is 1.92. The lowest BCUT2D eigenvalue weighted by Gasteiger charge is -2.21. The molecule has 0 saturated carbocycles. The van der Waals surface area contributed by atoms with E-state index in [1.54, 1.807) is 23.9 Å². The second-order valence-corrected chi connectivity index (χ2v) is 5.48. The van der Waals surface area contributed by atoms with Crippen molar-refractivity contribution in [2.45, 2.75) is 23.8 Å². The Balaban J connectivity index is 2.45. The van der Waals surface area contributed by atoms with Gasteiger partial charge in [0.05, 0.1) is 12.0 Å². The van der Waals surface area contributed by atoms with Crippen molar-refractivity contribution in [2.24, 2.45) is 0 Å². The summed E-state index contributed by atoms with van der Waals surface area (Å²) in [5, 5.41) is 23.4. The van der Waals surface area contributed by atoms with Crippen molar-refractivity contribution in [2.75, 3.05) is 18.1 Å². The van der Waals surface area contributed by atoms with E-state index >= 15 is 0 Å². The van der Waals surface area contributed by atoms with E-state index < -0.39 is 24.0 Å². The molecule has 0 aliphatic rings. The molecule has 0 aliphatic carbocycles. The molecular formula is C13H18N2O4S. The molecule has 20 heavy (non-hydrogen) atoms. The second kappa shape index (κ2) is 7.16. The van der Waals surface area contributed by atoms with Gasteiger partial charge < -0.3 is 20.8 Å². The molecule has 2 amide bonds. The van der Waals surface area contributed by atoms with Gasteiger partial charge in [-0.15, -0.1) is 11.8 Å². The maximum Gasteiger partial charge on any atom is 0.319 e. The van der Waals surface area contributed by atoms with Crippen LogP contribution in [0.15, 0.2) is 29.2 Å². The number of carboxylic acids is 1. The first kappa shape index (κ1) is 16.3. The maximum atomic E-state index is 11.6. The molecule has 1 atom stereocenters. The minimum Gasteiger partial charge on any atom is -0.481 e. The van der Waals surface area contributed by atoms with Crippen LogP contribution in [-0.4, -0.2) is 40.6 Å². The van der Waals surface area contributed by atoms with E-state index in [0.29, 0.717) is 5.69 Å². The lowest BCUT2D eigenvalue weighted by atomic mass is 10.0. The highest BCUT2D eigenvalue weighted by atomic mass is 32.2. The van der Waals surface area contributed by atoms with Gasteiger partial charge in [-0.2, -0.15) is 0 Å². The summed E-state index contributed by atoms with van der Waals surface area (Å²) in [5.41, 5.74) is -0.857. The first-order valence-electron chi connectivity index (χ1n) is 5.95. The highest BCUT2D eigenvalue weighted by Crippen LogP contribution is 2.17. The van der Waals surface area contributed by atoms with Gasteiger partial charge in [-0.05, 0) is 37.4 Å². The van der Waals surface area contributed by atoms with Crippen molar-refractivity contribution >= 4 is 29.4 Å². The topological polar surface area (TPSA) is 98.7 Å². The number of anilines is 1. The smallest absolute Gasteiger partial charge is 0.319 e. The Morgan fingerprint density at radius 3 is 2.40 bits per heavy atom. The quantitative estimate of drug-likeness (QED) is 0.600. The van der Waals surface area contributed by atoms with Crippen LogP contribution in [0.25, 0.3) is 0 Å². The third kappa shape index (κ3) is 5.94. The molecular weight excluding hydrogens is 280 g/mol. The normalized spacial score (nSPS) is 13.3. The molecule has 0 radical (unpaired) electrons. The number of urea groups is 1. The molecule has 7 heteroatoms. The molecule has 4 N–H and O–H groups in total. The van der Waals surface area contributed by atoms with Crippen LogP contribution in [0, 0.1) is 0 Å². The third-order valence-corrected chi connectivity index (χ3v) is 3.25. The number of aliphatic carboxylic acids is 1. The van der Waals surface area contributed by atoms with Crippen molar-refractivity contribution < 1.29 is 19.8 Å². The zero-order valence-electron chi connectivity index (χ0n) is 11.3. The molecule has 1 aromatic carbocycles. The van der Waals surface area contributed by atoms with Crippen molar-refractivity contribution in [3.05, 3.63) is 24.3 Å². The molecule has 6 nitrogen and oxygen atoms in total. The summed E-state index contributed by atoms with van der Waals surface area (Å²) in [6.45, 7) is 1.21. The zero-order chi connectivity index (χ0) is 15.2. The highest BCUT2D eigenvalue weighted by molar-refractivity contribution is 7.98. The average molecular weight is 298 g/mol. The summed E-state index contributed by atoms with van der Waals surface area (Å²) >= 11 is 1.60. The van der Waals surface area contributed by atoms with Crippen molar-refractivity contribution in [3.63, 3.8) is 0 Å². The molecule has 0 aromatic heterocycles. The Labute approximate surface area is 121 Å². The highest BCUT2D eigenvalue weighted by Gasteiger charge is 2.24. The lowest BCUT2D eigenvalue weighted by molar-refractivity contribution is -0.141. The molecule has 0 saturated heterocycles. The SMILES string of the molecule is CSc1ccc(NC(=O)NCC(C)(O)CC(=O)O)cc1. The number of carboxylic acid groups (broad SMARTS) is 1. The number of amides is 2. The molecule has 0 aliphatic heterocycles. The van der Waals surface area contributed by atoms with Gasteiger partial charge in [0.2, 0.25) is 0 Å². The number of nitrogens with one attached hydrogen (secondary N) is 2. The van der Waals surface area contributed by atoms with E-state index in [-0.39, 0.29) is 6.54 Å². The number of aliphatic hydroxyl groups is 1. The van der Waals surface area contributed by atoms with E-state index in [0.717, 1.165) is 4.90 Å². The Morgan fingerprint density at radius 2 is 1.90 bits per heavy atom. The van der Waals surface area contributed by atoms with Gasteiger partial charge >= 0.3 is 12.0 Å². The molecule has 0 heterocycles. The van der Waals surface area contributed by atoms with Gasteiger partial charge in [0.15, 0.2) is 0 Å². The van der Waals surface area contributed by atoms with Gasteiger partial charge in [-0.25, -0.2) is 4.79 Å². The van der Waals surface area contributed by atoms with Crippen LogP contribution in [0.2, 0.25) is 0 Å². The lowest BCUT2D eigenvalue weighted by Crippen LogP contribution is -2.43. The molecule has 1 aromatic rings. The second-order valence-electron chi connectivity index (χ2n) is 4.60. The number of benzene rings is 1. The van der Waals surface area contributed by atoms with Gasteiger partial charge in [-0.3, -0.25) is 4.79 Å². The fourth-order valence-electron chi connectivity index (χ4n) is 1.51. The van der Waals surface area contributed by atoms with E-state index in [2.05, 4.69) is 10.6 Å². The van der Waals surface area contributed by atoms with Gasteiger partial charge in [0.1, 0.15) is 0 Å². The van der Waals surface area contributed by atoms with Gasteiger partial charge in [0.25, 0.3) is 0 Å². The largest absolute Gasteiger partial charge is 0.481 e. The zero-order valence-corrected chi connectivity index (χ0v) is 12.2. The van der Waals surface area contributed by atoms with Crippen LogP contribution in [0.4, 0.5) is 10.5 Å². The average Bonchev–Trinajstić information content (AvgIpc) is 2.36. The predicted octanol–water partition coefficient (Wildman–Crippen LogP) is 1.76. The molecule has 0 bridgehead atoms. The van der Waals surface area contributed by atoms with Crippen LogP contribution in [0.1, 0.15) is 13.3 Å². The van der Waals surface area contributed by atoms with Crippen LogP contribution in [0.3, 0.4) is 0 Å². The van der Waals surface area contributed by atoms with Crippen molar-refractivity contribution in [1.82, 2.24) is 5.32 Å². The van der Waals surface area contributed by atoms with E-state index in [1.165, 1.54) is 6.92 Å². The molecule has 0 spiro atoms. The molecule has 1 rings (SSSR count). The summed E-state index contributed by atoms with van der Waals surface area (Å²) < 4.78 is 0. The first-order chi connectivity index (χ1) is 9.32. The molecule has 0 fully saturated rings. The Hall–Kier alpha value is -1.73. The van der Waals surface area contributed by atoms with Crippen LogP contribution < -0.4 is 10.6 Å². The predicted molar refractivity (Wildman–Crippen MR) is 78.1 cm³/mol. The van der Waals surface area contributed by atoms with Gasteiger partial charge in [0, 0.05) is 17.1 Å². The number of carbonyl (C=O) groups excluding carboxylic acids is 1. The minimum absolute atomic E-state index is 0.145. The van der Waals surface area contributed by atoms with Crippen LogP contribution in [-0.2, 0) is 4.79 Å². The van der Waals surface area contributed by atoms with Crippen molar-refractivity contribution in [3.8, 4) is 0 Å². The monoisotopic (exact) mass is 298 g/mol. The number of rotatable bonds is 6. The van der Waals surface area contributed by atoms with E-state index in [4.69, 9.17) is 5.11 Å². The van der Waals surface area contributed by atoms with Gasteiger partial charge in [-0.1, -0.05) is 0 Å². The number of thioether (sulfide) groups is 1. The molecule has 110 valence electrons. The van der Waals surface area contributed by atoms with Crippen molar-refractivity contribution in [1.29, 1.82) is 0 Å².